The minimum Gasteiger partial charge on any atom is -0.388 e. The van der Waals surface area contributed by atoms with Gasteiger partial charge in [0, 0.05) is 33.2 Å². The van der Waals surface area contributed by atoms with E-state index in [0.717, 1.165) is 0 Å². The summed E-state index contributed by atoms with van der Waals surface area (Å²) in [4.78, 5) is 10.8. The van der Waals surface area contributed by atoms with E-state index in [-0.39, 0.29) is 12.2 Å². The molecule has 7 nitrogen and oxygen atoms in total. The minimum absolute atomic E-state index is 0.0121. The molecule has 0 radical (unpaired) electrons. The van der Waals surface area contributed by atoms with Crippen molar-refractivity contribution in [1.29, 1.82) is 0 Å². The predicted molar refractivity (Wildman–Crippen MR) is 82.9 cm³/mol. The summed E-state index contributed by atoms with van der Waals surface area (Å²) in [5.41, 5.74) is -0.167. The Morgan fingerprint density at radius 3 is 2.52 bits per heavy atom. The highest BCUT2D eigenvalue weighted by molar-refractivity contribution is 5.76. The first-order chi connectivity index (χ1) is 9.91. The number of para-hydroxylation sites is 1. The van der Waals surface area contributed by atoms with Gasteiger partial charge in [-0.15, -0.1) is 0 Å². The topological polar surface area (TPSA) is 96.7 Å². The molecule has 1 atom stereocenters. The number of aliphatic hydroxyl groups is 1. The summed E-state index contributed by atoms with van der Waals surface area (Å²) >= 11 is 0. The second-order valence-corrected chi connectivity index (χ2v) is 5.08. The van der Waals surface area contributed by atoms with Crippen molar-refractivity contribution in [2.45, 2.75) is 25.9 Å². The molecule has 21 heavy (non-hydrogen) atoms. The summed E-state index contributed by atoms with van der Waals surface area (Å²) in [7, 11) is 1.56. The third-order valence-electron chi connectivity index (χ3n) is 3.09. The third-order valence-corrected chi connectivity index (χ3v) is 3.09. The van der Waals surface area contributed by atoms with Crippen LogP contribution in [0.25, 0.3) is 0 Å². The van der Waals surface area contributed by atoms with Crippen LogP contribution in [0.2, 0.25) is 0 Å². The van der Waals surface area contributed by atoms with Crippen LogP contribution in [-0.2, 0) is 4.74 Å². The smallest absolute Gasteiger partial charge is 0.315 e. The molecule has 3 N–H and O–H groups in total. The van der Waals surface area contributed by atoms with Crippen LogP contribution >= 0.6 is 0 Å². The van der Waals surface area contributed by atoms with Crippen LogP contribution in [0.5, 0.6) is 0 Å². The molecule has 0 spiro atoms. The molecular formula is C14H23N3O4. The molecule has 0 bridgehead atoms. The molecule has 7 heteroatoms. The van der Waals surface area contributed by atoms with Crippen LogP contribution in [0, 0.1) is 10.1 Å². The number of benzene rings is 1. The Bertz CT molecular complexity index is 477. The van der Waals surface area contributed by atoms with Crippen molar-refractivity contribution in [3.8, 4) is 0 Å². The van der Waals surface area contributed by atoms with E-state index in [2.05, 4.69) is 10.6 Å². The second kappa shape index (κ2) is 7.80. The zero-order chi connectivity index (χ0) is 15.9. The van der Waals surface area contributed by atoms with E-state index in [0.29, 0.717) is 30.9 Å². The van der Waals surface area contributed by atoms with Crippen LogP contribution in [0.3, 0.4) is 0 Å². The van der Waals surface area contributed by atoms with E-state index < -0.39 is 10.5 Å². The van der Waals surface area contributed by atoms with Gasteiger partial charge in [-0.1, -0.05) is 6.07 Å². The number of ether oxygens (including phenoxy) is 1. The maximum absolute atomic E-state index is 11.3. The number of nitro groups is 1. The zero-order valence-electron chi connectivity index (χ0n) is 12.7. The fourth-order valence-corrected chi connectivity index (χ4v) is 1.91. The van der Waals surface area contributed by atoms with E-state index in [1.54, 1.807) is 32.2 Å². The largest absolute Gasteiger partial charge is 0.388 e. The molecule has 0 fully saturated rings. The van der Waals surface area contributed by atoms with Crippen LogP contribution in [0.1, 0.15) is 20.3 Å². The van der Waals surface area contributed by atoms with E-state index in [9.17, 15) is 15.2 Å². The van der Waals surface area contributed by atoms with Crippen LogP contribution in [0.4, 0.5) is 17.1 Å². The van der Waals surface area contributed by atoms with Crippen LogP contribution < -0.4 is 10.6 Å². The number of rotatable bonds is 9. The summed E-state index contributed by atoms with van der Waals surface area (Å²) < 4.78 is 4.94. The average molecular weight is 297 g/mol. The first-order valence-corrected chi connectivity index (χ1v) is 6.87. The van der Waals surface area contributed by atoms with E-state index in [1.165, 1.54) is 0 Å². The number of nitrogens with one attached hydrogen (secondary N) is 2. The summed E-state index contributed by atoms with van der Waals surface area (Å²) in [6.45, 7) is 4.76. The van der Waals surface area contributed by atoms with Crippen LogP contribution in [-0.4, -0.2) is 42.4 Å². The van der Waals surface area contributed by atoms with Gasteiger partial charge in [0.2, 0.25) is 0 Å². The Morgan fingerprint density at radius 1 is 1.38 bits per heavy atom. The molecule has 1 rings (SSSR count). The summed E-state index contributed by atoms with van der Waals surface area (Å²) in [6, 6.07) is 5.03. The first kappa shape index (κ1) is 17.2. The zero-order valence-corrected chi connectivity index (χ0v) is 12.7. The van der Waals surface area contributed by atoms with E-state index in [4.69, 9.17) is 4.74 Å². The molecule has 0 aliphatic rings. The Balaban J connectivity index is 2.88. The monoisotopic (exact) mass is 297 g/mol. The molecule has 0 heterocycles. The van der Waals surface area contributed by atoms with Crippen molar-refractivity contribution in [2.24, 2.45) is 0 Å². The van der Waals surface area contributed by atoms with Crippen molar-refractivity contribution in [1.82, 2.24) is 0 Å². The van der Waals surface area contributed by atoms with Gasteiger partial charge in [0.15, 0.2) is 0 Å². The molecule has 1 aromatic rings. The number of anilines is 2. The third kappa shape index (κ3) is 5.20. The highest BCUT2D eigenvalue weighted by Crippen LogP contribution is 2.33. The van der Waals surface area contributed by atoms with Gasteiger partial charge in [0.05, 0.1) is 10.5 Å². The summed E-state index contributed by atoms with van der Waals surface area (Å²) in [6.07, 6.45) is 0.442. The second-order valence-electron chi connectivity index (χ2n) is 5.08. The molecule has 1 aromatic carbocycles. The lowest BCUT2D eigenvalue weighted by Crippen LogP contribution is -2.34. The highest BCUT2D eigenvalue weighted by Gasteiger charge is 2.23. The molecule has 0 saturated carbocycles. The minimum atomic E-state index is -1.00. The Morgan fingerprint density at radius 2 is 2.00 bits per heavy atom. The summed E-state index contributed by atoms with van der Waals surface area (Å²) in [5.74, 6) is 0. The van der Waals surface area contributed by atoms with Gasteiger partial charge in [0.25, 0.3) is 0 Å². The van der Waals surface area contributed by atoms with Gasteiger partial charge in [-0.25, -0.2) is 0 Å². The molecule has 118 valence electrons. The molecule has 0 amide bonds. The fraction of sp³-hybridized carbons (Fsp3) is 0.571. The van der Waals surface area contributed by atoms with Crippen molar-refractivity contribution >= 4 is 17.1 Å². The Hall–Kier alpha value is -1.86. The molecule has 1 unspecified atom stereocenters. The van der Waals surface area contributed by atoms with Gasteiger partial charge in [0.1, 0.15) is 11.4 Å². The number of nitro benzene ring substituents is 1. The predicted octanol–water partition coefficient (Wildman–Crippen LogP) is 2.23. The maximum Gasteiger partial charge on any atom is 0.315 e. The number of methoxy groups -OCH3 is 1. The molecule has 0 aromatic heterocycles. The lowest BCUT2D eigenvalue weighted by molar-refractivity contribution is -0.383. The quantitative estimate of drug-likeness (QED) is 0.478. The standard InChI is InChI=1S/C14H23N3O4/c1-4-15-11-6-5-7-12(13(11)17(19)20)16-10-14(2,18)8-9-21-3/h5-7,15-16,18H,4,8-10H2,1-3H3. The fourth-order valence-electron chi connectivity index (χ4n) is 1.91. The highest BCUT2D eigenvalue weighted by atomic mass is 16.6. The van der Waals surface area contributed by atoms with E-state index in [1.807, 2.05) is 6.92 Å². The van der Waals surface area contributed by atoms with Gasteiger partial charge in [-0.3, -0.25) is 10.1 Å². The Labute approximate surface area is 124 Å². The molecule has 0 aliphatic carbocycles. The van der Waals surface area contributed by atoms with Gasteiger partial charge >= 0.3 is 5.69 Å². The summed E-state index contributed by atoms with van der Waals surface area (Å²) in [5, 5.41) is 27.4. The van der Waals surface area contributed by atoms with Gasteiger partial charge in [-0.05, 0) is 26.0 Å². The maximum atomic E-state index is 11.3. The molecule has 0 saturated heterocycles. The average Bonchev–Trinajstić information content (AvgIpc) is 2.43. The van der Waals surface area contributed by atoms with Crippen molar-refractivity contribution in [3.05, 3.63) is 28.3 Å². The Kier molecular flexibility index (Phi) is 6.39. The SMILES string of the molecule is CCNc1cccc(NCC(C)(O)CCOC)c1[N+](=O)[O-]. The first-order valence-electron chi connectivity index (χ1n) is 6.87. The number of hydrogen-bond acceptors (Lipinski definition) is 6. The number of hydrogen-bond donors (Lipinski definition) is 3. The van der Waals surface area contributed by atoms with Crippen molar-refractivity contribution in [2.75, 3.05) is 37.4 Å². The molecule has 0 aliphatic heterocycles. The lowest BCUT2D eigenvalue weighted by atomic mass is 10.0. The number of nitrogens with zero attached hydrogens (tertiary/aromatic N) is 1. The molecular weight excluding hydrogens is 274 g/mol. The van der Waals surface area contributed by atoms with Crippen molar-refractivity contribution < 1.29 is 14.8 Å². The lowest BCUT2D eigenvalue weighted by Gasteiger charge is -2.24. The van der Waals surface area contributed by atoms with E-state index >= 15 is 0 Å². The van der Waals surface area contributed by atoms with Gasteiger partial charge in [-0.2, -0.15) is 0 Å². The normalized spacial score (nSPS) is 13.5. The van der Waals surface area contributed by atoms with Gasteiger partial charge < -0.3 is 20.5 Å². The van der Waals surface area contributed by atoms with Crippen LogP contribution in [0.15, 0.2) is 18.2 Å². The van der Waals surface area contributed by atoms with Crippen molar-refractivity contribution in [3.63, 3.8) is 0 Å².